The van der Waals surface area contributed by atoms with Crippen LogP contribution >= 0.6 is 11.6 Å². The molecule has 0 aliphatic heterocycles. The number of nitrogens with two attached hydrogens (primary N) is 1. The largest absolute Gasteiger partial charge is 0.383 e. The second kappa shape index (κ2) is 5.38. The van der Waals surface area contributed by atoms with Crippen LogP contribution in [-0.2, 0) is 0 Å². The van der Waals surface area contributed by atoms with E-state index in [1.807, 2.05) is 0 Å². The summed E-state index contributed by atoms with van der Waals surface area (Å²) in [5.74, 6) is -0.445. The van der Waals surface area contributed by atoms with Crippen molar-refractivity contribution in [1.82, 2.24) is 5.32 Å². The summed E-state index contributed by atoms with van der Waals surface area (Å²) in [5, 5.41) is 7.14. The highest BCUT2D eigenvalue weighted by Crippen LogP contribution is 2.21. The number of amides is 1. The zero-order valence-corrected chi connectivity index (χ0v) is 10.3. The quantitative estimate of drug-likeness (QED) is 0.675. The van der Waals surface area contributed by atoms with Crippen LogP contribution < -0.4 is 16.4 Å². The average Bonchev–Trinajstić information content (AvgIpc) is 3.08. The first-order valence-corrected chi connectivity index (χ1v) is 6.11. The van der Waals surface area contributed by atoms with Gasteiger partial charge in [0.1, 0.15) is 0 Å². The Balaban J connectivity index is 1.92. The Bertz CT molecular complexity index is 418. The van der Waals surface area contributed by atoms with Crippen molar-refractivity contribution in [1.29, 1.82) is 0 Å². The molecule has 0 heterocycles. The Kier molecular flexibility index (Phi) is 3.86. The molecule has 0 radical (unpaired) electrons. The van der Waals surface area contributed by atoms with Gasteiger partial charge in [0, 0.05) is 29.8 Å². The van der Waals surface area contributed by atoms with Gasteiger partial charge in [-0.05, 0) is 31.0 Å². The number of rotatable bonds is 6. The number of primary amides is 1. The fourth-order valence-corrected chi connectivity index (χ4v) is 1.81. The molecule has 1 amide bonds. The number of carbonyl (C=O) groups excluding carboxylic acids is 1. The van der Waals surface area contributed by atoms with E-state index in [9.17, 15) is 4.79 Å². The smallest absolute Gasteiger partial charge is 0.250 e. The van der Waals surface area contributed by atoms with Crippen molar-refractivity contribution >= 4 is 23.2 Å². The summed E-state index contributed by atoms with van der Waals surface area (Å²) >= 11 is 5.89. The summed E-state index contributed by atoms with van der Waals surface area (Å²) in [6.45, 7) is 1.62. The molecule has 5 heteroatoms. The normalized spacial score (nSPS) is 14.6. The number of halogens is 1. The van der Waals surface area contributed by atoms with Crippen molar-refractivity contribution in [2.45, 2.75) is 18.9 Å². The highest BCUT2D eigenvalue weighted by molar-refractivity contribution is 6.31. The maximum atomic E-state index is 11.2. The number of hydrogen-bond donors (Lipinski definition) is 3. The number of nitrogens with one attached hydrogen (secondary N) is 2. The molecule has 0 spiro atoms. The van der Waals surface area contributed by atoms with Crippen LogP contribution in [0.2, 0.25) is 5.02 Å². The molecule has 1 aliphatic carbocycles. The molecule has 4 nitrogen and oxygen atoms in total. The van der Waals surface area contributed by atoms with Crippen LogP contribution in [0.25, 0.3) is 0 Å². The number of anilines is 1. The Hall–Kier alpha value is -1.26. The van der Waals surface area contributed by atoms with E-state index in [0.29, 0.717) is 22.3 Å². The zero-order valence-electron chi connectivity index (χ0n) is 9.50. The van der Waals surface area contributed by atoms with Crippen LogP contribution in [0, 0.1) is 0 Å². The molecule has 1 aromatic carbocycles. The Morgan fingerprint density at radius 1 is 1.41 bits per heavy atom. The number of benzene rings is 1. The molecule has 1 fully saturated rings. The predicted molar refractivity (Wildman–Crippen MR) is 69.5 cm³/mol. The Morgan fingerprint density at radius 2 is 2.18 bits per heavy atom. The minimum Gasteiger partial charge on any atom is -0.383 e. The molecule has 0 saturated heterocycles. The van der Waals surface area contributed by atoms with E-state index < -0.39 is 5.91 Å². The van der Waals surface area contributed by atoms with E-state index in [-0.39, 0.29) is 0 Å². The third-order valence-corrected chi connectivity index (χ3v) is 2.93. The standard InChI is InChI=1S/C12H16ClN3O/c13-8-1-4-10(12(14)17)11(7-8)16-6-5-15-9-2-3-9/h1,4,7,9,15-16H,2-3,5-6H2,(H2,14,17). The average molecular weight is 254 g/mol. The van der Waals surface area contributed by atoms with Gasteiger partial charge in [-0.25, -0.2) is 0 Å². The lowest BCUT2D eigenvalue weighted by atomic mass is 10.1. The van der Waals surface area contributed by atoms with Crippen LogP contribution in [-0.4, -0.2) is 25.0 Å². The van der Waals surface area contributed by atoms with Crippen LogP contribution in [0.3, 0.4) is 0 Å². The minimum atomic E-state index is -0.445. The molecule has 0 bridgehead atoms. The molecule has 1 aliphatic rings. The van der Waals surface area contributed by atoms with Crippen LogP contribution in [0.5, 0.6) is 0 Å². The van der Waals surface area contributed by atoms with E-state index in [0.717, 1.165) is 13.1 Å². The molecular formula is C12H16ClN3O. The lowest BCUT2D eigenvalue weighted by Gasteiger charge is -2.10. The predicted octanol–water partition coefficient (Wildman–Crippen LogP) is 1.60. The van der Waals surface area contributed by atoms with E-state index in [1.54, 1.807) is 18.2 Å². The first kappa shape index (κ1) is 12.2. The fraction of sp³-hybridized carbons (Fsp3) is 0.417. The summed E-state index contributed by atoms with van der Waals surface area (Å²) < 4.78 is 0. The van der Waals surface area contributed by atoms with Gasteiger partial charge in [0.05, 0.1) is 5.56 Å². The van der Waals surface area contributed by atoms with Gasteiger partial charge in [0.25, 0.3) is 5.91 Å². The maximum absolute atomic E-state index is 11.2. The van der Waals surface area contributed by atoms with E-state index >= 15 is 0 Å². The molecule has 0 unspecified atom stereocenters. The van der Waals surface area contributed by atoms with E-state index in [4.69, 9.17) is 17.3 Å². The van der Waals surface area contributed by atoms with Crippen LogP contribution in [0.1, 0.15) is 23.2 Å². The molecule has 92 valence electrons. The second-order valence-corrected chi connectivity index (χ2v) is 4.65. The molecule has 17 heavy (non-hydrogen) atoms. The van der Waals surface area contributed by atoms with Gasteiger partial charge in [-0.2, -0.15) is 0 Å². The van der Waals surface area contributed by atoms with Crippen molar-refractivity contribution in [3.8, 4) is 0 Å². The Morgan fingerprint density at radius 3 is 2.82 bits per heavy atom. The first-order chi connectivity index (χ1) is 8.16. The van der Waals surface area contributed by atoms with Crippen molar-refractivity contribution in [3.05, 3.63) is 28.8 Å². The monoisotopic (exact) mass is 253 g/mol. The molecule has 1 aromatic rings. The second-order valence-electron chi connectivity index (χ2n) is 4.21. The topological polar surface area (TPSA) is 67.2 Å². The first-order valence-electron chi connectivity index (χ1n) is 5.73. The third kappa shape index (κ3) is 3.61. The van der Waals surface area contributed by atoms with Crippen molar-refractivity contribution in [3.63, 3.8) is 0 Å². The van der Waals surface area contributed by atoms with Gasteiger partial charge in [0.2, 0.25) is 0 Å². The summed E-state index contributed by atoms with van der Waals surface area (Å²) in [6.07, 6.45) is 2.54. The summed E-state index contributed by atoms with van der Waals surface area (Å²) in [4.78, 5) is 11.2. The third-order valence-electron chi connectivity index (χ3n) is 2.70. The Labute approximate surface area is 106 Å². The molecule has 0 aromatic heterocycles. The van der Waals surface area contributed by atoms with Crippen molar-refractivity contribution < 1.29 is 4.79 Å². The SMILES string of the molecule is NC(=O)c1ccc(Cl)cc1NCCNC1CC1. The lowest BCUT2D eigenvalue weighted by molar-refractivity contribution is 0.100. The lowest BCUT2D eigenvalue weighted by Crippen LogP contribution is -2.25. The molecule has 0 atom stereocenters. The fourth-order valence-electron chi connectivity index (χ4n) is 1.64. The number of carbonyl (C=O) groups is 1. The number of hydrogen-bond acceptors (Lipinski definition) is 3. The molecule has 1 saturated carbocycles. The summed E-state index contributed by atoms with van der Waals surface area (Å²) in [7, 11) is 0. The highest BCUT2D eigenvalue weighted by Gasteiger charge is 2.19. The van der Waals surface area contributed by atoms with Gasteiger partial charge in [-0.3, -0.25) is 4.79 Å². The molecular weight excluding hydrogens is 238 g/mol. The van der Waals surface area contributed by atoms with Crippen molar-refractivity contribution in [2.24, 2.45) is 5.73 Å². The van der Waals surface area contributed by atoms with Crippen molar-refractivity contribution in [2.75, 3.05) is 18.4 Å². The van der Waals surface area contributed by atoms with E-state index in [1.165, 1.54) is 12.8 Å². The summed E-state index contributed by atoms with van der Waals surface area (Å²) in [6, 6.07) is 5.71. The van der Waals surface area contributed by atoms with E-state index in [2.05, 4.69) is 10.6 Å². The van der Waals surface area contributed by atoms with Crippen LogP contribution in [0.4, 0.5) is 5.69 Å². The highest BCUT2D eigenvalue weighted by atomic mass is 35.5. The van der Waals surface area contributed by atoms with Gasteiger partial charge in [0.15, 0.2) is 0 Å². The van der Waals surface area contributed by atoms with Gasteiger partial charge < -0.3 is 16.4 Å². The van der Waals surface area contributed by atoms with Gasteiger partial charge >= 0.3 is 0 Å². The molecule has 4 N–H and O–H groups in total. The van der Waals surface area contributed by atoms with Crippen LogP contribution in [0.15, 0.2) is 18.2 Å². The van der Waals surface area contributed by atoms with Gasteiger partial charge in [-0.1, -0.05) is 11.6 Å². The van der Waals surface area contributed by atoms with Gasteiger partial charge in [-0.15, -0.1) is 0 Å². The summed E-state index contributed by atoms with van der Waals surface area (Å²) in [5.41, 5.74) is 6.46. The zero-order chi connectivity index (χ0) is 12.3. The molecule has 2 rings (SSSR count). The maximum Gasteiger partial charge on any atom is 0.250 e. The minimum absolute atomic E-state index is 0.445.